The van der Waals surface area contributed by atoms with Crippen LogP contribution in [0.15, 0.2) is 66.7 Å². The zero-order valence-electron chi connectivity index (χ0n) is 22.0. The molecule has 0 saturated carbocycles. The Hall–Kier alpha value is -3.23. The molecule has 1 amide bonds. The van der Waals surface area contributed by atoms with Gasteiger partial charge in [-0.05, 0) is 85.9 Å². The monoisotopic (exact) mass is 538 g/mol. The molecule has 3 N–H and O–H groups in total. The van der Waals surface area contributed by atoms with Gasteiger partial charge in [-0.3, -0.25) is 4.79 Å². The molecule has 0 aliphatic rings. The molecule has 3 aromatic rings. The second kappa shape index (κ2) is 14.6. The van der Waals surface area contributed by atoms with Gasteiger partial charge in [0.15, 0.2) is 0 Å². The van der Waals surface area contributed by atoms with E-state index in [1.807, 2.05) is 74.5 Å². The van der Waals surface area contributed by atoms with Gasteiger partial charge in [-0.15, -0.1) is 0 Å². The van der Waals surface area contributed by atoms with E-state index >= 15 is 0 Å². The molecule has 8 heteroatoms. The van der Waals surface area contributed by atoms with Crippen molar-refractivity contribution >= 4 is 23.5 Å². The van der Waals surface area contributed by atoms with Crippen LogP contribution in [-0.4, -0.2) is 49.8 Å². The molecule has 0 fully saturated rings. The van der Waals surface area contributed by atoms with Crippen molar-refractivity contribution in [3.63, 3.8) is 0 Å². The van der Waals surface area contributed by atoms with Crippen molar-refractivity contribution in [2.45, 2.75) is 39.0 Å². The second-order valence-electron chi connectivity index (χ2n) is 8.97. The lowest BCUT2D eigenvalue weighted by molar-refractivity contribution is -0.139. The molecule has 0 aliphatic heterocycles. The molecule has 202 valence electrons. The van der Waals surface area contributed by atoms with Gasteiger partial charge >= 0.3 is 5.97 Å². The summed E-state index contributed by atoms with van der Waals surface area (Å²) in [5.41, 5.74) is 4.79. The molecule has 0 radical (unpaired) electrons. The highest BCUT2D eigenvalue weighted by atomic mass is 35.5. The molecule has 7 nitrogen and oxygen atoms in total. The number of rotatable bonds is 14. The van der Waals surface area contributed by atoms with Crippen molar-refractivity contribution in [2.24, 2.45) is 0 Å². The number of hydrogen-bond donors (Lipinski definition) is 3. The quantitative estimate of drug-likeness (QED) is 0.254. The minimum absolute atomic E-state index is 0.272. The van der Waals surface area contributed by atoms with Crippen molar-refractivity contribution in [3.05, 3.63) is 94.0 Å². The molecule has 0 heterocycles. The Bertz CT molecular complexity index is 1230. The molecule has 3 rings (SSSR count). The Morgan fingerprint density at radius 3 is 2.50 bits per heavy atom. The van der Waals surface area contributed by atoms with E-state index in [1.54, 1.807) is 13.1 Å². The fraction of sp³-hybridized carbons (Fsp3) is 0.333. The third-order valence-electron chi connectivity index (χ3n) is 6.20. The Morgan fingerprint density at radius 1 is 1.03 bits per heavy atom. The third kappa shape index (κ3) is 8.13. The van der Waals surface area contributed by atoms with Gasteiger partial charge in [0.1, 0.15) is 12.1 Å². The van der Waals surface area contributed by atoms with Crippen LogP contribution in [0.25, 0.3) is 11.1 Å². The van der Waals surface area contributed by atoms with E-state index in [4.69, 9.17) is 21.1 Å². The van der Waals surface area contributed by atoms with Crippen LogP contribution < -0.4 is 10.6 Å². The van der Waals surface area contributed by atoms with Crippen molar-refractivity contribution < 1.29 is 24.2 Å². The molecule has 0 aliphatic carbocycles. The van der Waals surface area contributed by atoms with E-state index in [9.17, 15) is 14.7 Å². The number of amides is 1. The lowest BCUT2D eigenvalue weighted by Crippen LogP contribution is -2.42. The molecule has 2 unspecified atom stereocenters. The molecule has 2 atom stereocenters. The van der Waals surface area contributed by atoms with E-state index in [-0.39, 0.29) is 19.1 Å². The number of aryl methyl sites for hydroxylation is 1. The number of aliphatic carboxylic acids is 1. The third-order valence-corrected chi connectivity index (χ3v) is 6.43. The summed E-state index contributed by atoms with van der Waals surface area (Å²) in [6.45, 7) is 5.60. The highest BCUT2D eigenvalue weighted by Gasteiger charge is 2.23. The van der Waals surface area contributed by atoms with E-state index in [0.717, 1.165) is 22.3 Å². The summed E-state index contributed by atoms with van der Waals surface area (Å²) in [6, 6.07) is 19.8. The SMILES string of the molecule is CCOCC(OCc1ccc(C(=O)NC(CCNC)C(=O)O)c(-c2ccccc2C)c1)c1cccc(Cl)c1. The highest BCUT2D eigenvalue weighted by Crippen LogP contribution is 2.30. The first-order valence-electron chi connectivity index (χ1n) is 12.7. The van der Waals surface area contributed by atoms with E-state index in [0.29, 0.717) is 35.9 Å². The van der Waals surface area contributed by atoms with Gasteiger partial charge in [-0.25, -0.2) is 4.79 Å². The molecular weight excluding hydrogens is 504 g/mol. The molecule has 0 bridgehead atoms. The van der Waals surface area contributed by atoms with Crippen LogP contribution in [0.5, 0.6) is 0 Å². The largest absolute Gasteiger partial charge is 0.480 e. The van der Waals surface area contributed by atoms with Gasteiger partial charge in [0.05, 0.1) is 13.2 Å². The maximum atomic E-state index is 13.3. The summed E-state index contributed by atoms with van der Waals surface area (Å²) < 4.78 is 11.9. The summed E-state index contributed by atoms with van der Waals surface area (Å²) in [7, 11) is 1.74. The van der Waals surface area contributed by atoms with E-state index in [1.165, 1.54) is 0 Å². The number of benzene rings is 3. The Kier molecular flexibility index (Phi) is 11.3. The Balaban J connectivity index is 1.90. The first kappa shape index (κ1) is 29.3. The maximum absolute atomic E-state index is 13.3. The Labute approximate surface area is 229 Å². The van der Waals surface area contributed by atoms with Gasteiger partial charge in [0, 0.05) is 17.2 Å². The van der Waals surface area contributed by atoms with Gasteiger partial charge in [0.2, 0.25) is 0 Å². The van der Waals surface area contributed by atoms with Gasteiger partial charge in [-0.2, -0.15) is 0 Å². The zero-order valence-corrected chi connectivity index (χ0v) is 22.8. The van der Waals surface area contributed by atoms with Gasteiger partial charge < -0.3 is 25.2 Å². The summed E-state index contributed by atoms with van der Waals surface area (Å²) in [4.78, 5) is 25.0. The van der Waals surface area contributed by atoms with Crippen LogP contribution in [0.4, 0.5) is 0 Å². The number of carboxylic acids is 1. The van der Waals surface area contributed by atoms with Crippen molar-refractivity contribution in [1.82, 2.24) is 10.6 Å². The second-order valence-corrected chi connectivity index (χ2v) is 9.40. The molecule has 0 saturated heterocycles. The first-order chi connectivity index (χ1) is 18.3. The van der Waals surface area contributed by atoms with Crippen molar-refractivity contribution in [3.8, 4) is 11.1 Å². The Morgan fingerprint density at radius 2 is 1.82 bits per heavy atom. The summed E-state index contributed by atoms with van der Waals surface area (Å²) in [6.07, 6.45) is -0.0458. The van der Waals surface area contributed by atoms with Crippen molar-refractivity contribution in [2.75, 3.05) is 26.8 Å². The normalized spacial score (nSPS) is 12.6. The molecular formula is C30H35ClN2O5. The number of hydrogen-bond acceptors (Lipinski definition) is 5. The average molecular weight is 539 g/mol. The van der Waals surface area contributed by atoms with Gasteiger partial charge in [-0.1, -0.05) is 54.1 Å². The number of carbonyl (C=O) groups is 2. The predicted octanol–water partition coefficient (Wildman–Crippen LogP) is 5.40. The average Bonchev–Trinajstić information content (AvgIpc) is 2.91. The molecule has 3 aromatic carbocycles. The standard InChI is InChI=1S/C30H35ClN2O5/c1-4-37-19-28(22-9-7-10-23(31)17-22)38-18-21-12-13-25(26(16-21)24-11-6-5-8-20(24)2)29(34)33-27(30(35)36)14-15-32-3/h5-13,16-17,27-28,32H,4,14-15,18-19H2,1-3H3,(H,33,34)(H,35,36). The number of ether oxygens (including phenoxy) is 2. The van der Waals surface area contributed by atoms with E-state index < -0.39 is 17.9 Å². The number of nitrogens with one attached hydrogen (secondary N) is 2. The van der Waals surface area contributed by atoms with Crippen LogP contribution in [0.3, 0.4) is 0 Å². The van der Waals surface area contributed by atoms with Crippen LogP contribution in [0.2, 0.25) is 5.02 Å². The minimum atomic E-state index is -1.07. The molecule has 0 spiro atoms. The summed E-state index contributed by atoms with van der Waals surface area (Å²) >= 11 is 6.20. The number of carbonyl (C=O) groups excluding carboxylic acids is 1. The smallest absolute Gasteiger partial charge is 0.326 e. The maximum Gasteiger partial charge on any atom is 0.326 e. The molecule has 38 heavy (non-hydrogen) atoms. The summed E-state index contributed by atoms with van der Waals surface area (Å²) in [5.74, 6) is -1.51. The zero-order chi connectivity index (χ0) is 27.5. The van der Waals surface area contributed by atoms with E-state index in [2.05, 4.69) is 10.6 Å². The number of carboxylic acid groups (broad SMARTS) is 1. The lowest BCUT2D eigenvalue weighted by Gasteiger charge is -2.20. The highest BCUT2D eigenvalue weighted by molar-refractivity contribution is 6.30. The number of halogens is 1. The van der Waals surface area contributed by atoms with Crippen molar-refractivity contribution in [1.29, 1.82) is 0 Å². The fourth-order valence-corrected chi connectivity index (χ4v) is 4.33. The predicted molar refractivity (Wildman–Crippen MR) is 150 cm³/mol. The molecule has 0 aromatic heterocycles. The van der Waals surface area contributed by atoms with Crippen LogP contribution in [-0.2, 0) is 20.9 Å². The topological polar surface area (TPSA) is 96.9 Å². The van der Waals surface area contributed by atoms with Gasteiger partial charge in [0.25, 0.3) is 5.91 Å². The van der Waals surface area contributed by atoms with Crippen LogP contribution >= 0.6 is 11.6 Å². The lowest BCUT2D eigenvalue weighted by atomic mass is 9.93. The van der Waals surface area contributed by atoms with Crippen LogP contribution in [0, 0.1) is 6.92 Å². The first-order valence-corrected chi connectivity index (χ1v) is 13.0. The fourth-order valence-electron chi connectivity index (χ4n) is 4.13. The summed E-state index contributed by atoms with van der Waals surface area (Å²) in [5, 5.41) is 15.8. The minimum Gasteiger partial charge on any atom is -0.480 e. The van der Waals surface area contributed by atoms with Crippen LogP contribution in [0.1, 0.15) is 46.5 Å².